The molecule has 1 aromatic heterocycles. The number of rotatable bonds is 2. The van der Waals surface area contributed by atoms with Crippen molar-refractivity contribution in [1.82, 2.24) is 4.98 Å². The number of aromatic amines is 1. The number of H-pyrrole nitrogens is 1. The molecule has 1 heterocycles. The minimum atomic E-state index is 0. The Morgan fingerprint density at radius 2 is 2.14 bits per heavy atom. The number of nitrogens with two attached hydrogens (primary N) is 1. The quantitative estimate of drug-likeness (QED) is 0.786. The van der Waals surface area contributed by atoms with E-state index >= 15 is 0 Å². The van der Waals surface area contributed by atoms with Crippen molar-refractivity contribution in [2.24, 2.45) is 5.73 Å². The summed E-state index contributed by atoms with van der Waals surface area (Å²) >= 11 is 0. The maximum atomic E-state index is 6.01. The van der Waals surface area contributed by atoms with Gasteiger partial charge in [0.1, 0.15) is 0 Å². The van der Waals surface area contributed by atoms with E-state index in [2.05, 4.69) is 30.1 Å². The molecule has 0 saturated heterocycles. The molecule has 14 heavy (non-hydrogen) atoms. The summed E-state index contributed by atoms with van der Waals surface area (Å²) < 4.78 is 0. The summed E-state index contributed by atoms with van der Waals surface area (Å²) in [5.41, 5.74) is 8.41. The maximum absolute atomic E-state index is 6.01. The van der Waals surface area contributed by atoms with E-state index in [1.807, 2.05) is 12.3 Å². The molecule has 0 aliphatic carbocycles. The fourth-order valence-electron chi connectivity index (χ4n) is 1.65. The number of aromatic nitrogens is 1. The van der Waals surface area contributed by atoms with E-state index in [-0.39, 0.29) is 18.4 Å². The van der Waals surface area contributed by atoms with Crippen molar-refractivity contribution >= 4 is 23.3 Å². The van der Waals surface area contributed by atoms with Crippen LogP contribution in [0.5, 0.6) is 0 Å². The molecule has 2 rings (SSSR count). The van der Waals surface area contributed by atoms with E-state index < -0.39 is 0 Å². The summed E-state index contributed by atoms with van der Waals surface area (Å²) in [6, 6.07) is 8.45. The highest BCUT2D eigenvalue weighted by Crippen LogP contribution is 2.23. The molecule has 0 amide bonds. The predicted octanol–water partition coefficient (Wildman–Crippen LogP) is 3.00. The molecular weight excluding hydrogens is 196 g/mol. The average Bonchev–Trinajstić information content (AvgIpc) is 2.63. The molecule has 0 aliphatic heterocycles. The Balaban J connectivity index is 0.000000980. The van der Waals surface area contributed by atoms with Crippen LogP contribution in [0.15, 0.2) is 30.5 Å². The van der Waals surface area contributed by atoms with Crippen LogP contribution in [0.25, 0.3) is 10.9 Å². The Bertz CT molecular complexity index is 408. The van der Waals surface area contributed by atoms with Crippen molar-refractivity contribution in [3.05, 3.63) is 36.0 Å². The molecule has 0 radical (unpaired) electrons. The van der Waals surface area contributed by atoms with Gasteiger partial charge in [0, 0.05) is 23.1 Å². The molecule has 3 heteroatoms. The topological polar surface area (TPSA) is 41.8 Å². The molecule has 0 unspecified atom stereocenters. The largest absolute Gasteiger partial charge is 0.361 e. The highest BCUT2D eigenvalue weighted by atomic mass is 35.5. The third kappa shape index (κ3) is 1.76. The standard InChI is InChI=1S/C11H14N2.ClH/c1-2-10(12)8-4-3-5-11-9(8)6-7-13-11;/h3-7,10,13H,2,12H2,1H3;1H/t10-;/m0./s1. The number of hydrogen-bond donors (Lipinski definition) is 2. The van der Waals surface area contributed by atoms with Crippen molar-refractivity contribution < 1.29 is 0 Å². The number of nitrogens with one attached hydrogen (secondary N) is 1. The van der Waals surface area contributed by atoms with E-state index in [0.29, 0.717) is 0 Å². The minimum absolute atomic E-state index is 0. The van der Waals surface area contributed by atoms with Gasteiger partial charge in [0.25, 0.3) is 0 Å². The molecule has 1 atom stereocenters. The smallest absolute Gasteiger partial charge is 0.0457 e. The number of benzene rings is 1. The van der Waals surface area contributed by atoms with Gasteiger partial charge in [-0.25, -0.2) is 0 Å². The van der Waals surface area contributed by atoms with Crippen molar-refractivity contribution in [2.45, 2.75) is 19.4 Å². The van der Waals surface area contributed by atoms with E-state index in [1.165, 1.54) is 16.5 Å². The fourth-order valence-corrected chi connectivity index (χ4v) is 1.65. The summed E-state index contributed by atoms with van der Waals surface area (Å²) in [6.07, 6.45) is 2.93. The molecule has 76 valence electrons. The van der Waals surface area contributed by atoms with Gasteiger partial charge in [0.2, 0.25) is 0 Å². The van der Waals surface area contributed by atoms with Crippen LogP contribution in [0.4, 0.5) is 0 Å². The molecule has 0 fully saturated rings. The van der Waals surface area contributed by atoms with Gasteiger partial charge in [0.05, 0.1) is 0 Å². The number of fused-ring (bicyclic) bond motifs is 1. The monoisotopic (exact) mass is 210 g/mol. The zero-order chi connectivity index (χ0) is 9.26. The van der Waals surface area contributed by atoms with Gasteiger partial charge < -0.3 is 10.7 Å². The summed E-state index contributed by atoms with van der Waals surface area (Å²) in [4.78, 5) is 3.18. The van der Waals surface area contributed by atoms with Gasteiger partial charge in [-0.05, 0) is 24.1 Å². The molecule has 0 bridgehead atoms. The van der Waals surface area contributed by atoms with Crippen molar-refractivity contribution in [1.29, 1.82) is 0 Å². The maximum Gasteiger partial charge on any atom is 0.0457 e. The van der Waals surface area contributed by atoms with Gasteiger partial charge in [0.15, 0.2) is 0 Å². The SMILES string of the molecule is CC[C@H](N)c1cccc2[nH]ccc12.Cl. The normalized spacial score (nSPS) is 12.4. The van der Waals surface area contributed by atoms with E-state index in [0.717, 1.165) is 6.42 Å². The van der Waals surface area contributed by atoms with Crippen LogP contribution in [0.2, 0.25) is 0 Å². The molecule has 0 aliphatic rings. The third-order valence-electron chi connectivity index (χ3n) is 2.47. The minimum Gasteiger partial charge on any atom is -0.361 e. The van der Waals surface area contributed by atoms with Crippen LogP contribution in [-0.4, -0.2) is 4.98 Å². The van der Waals surface area contributed by atoms with Gasteiger partial charge in [-0.2, -0.15) is 0 Å². The molecule has 3 N–H and O–H groups in total. The Morgan fingerprint density at radius 1 is 1.36 bits per heavy atom. The first-order valence-electron chi connectivity index (χ1n) is 4.64. The van der Waals surface area contributed by atoms with Gasteiger partial charge in [-0.3, -0.25) is 0 Å². The Labute approximate surface area is 89.9 Å². The lowest BCUT2D eigenvalue weighted by Gasteiger charge is -2.09. The Morgan fingerprint density at radius 3 is 2.86 bits per heavy atom. The van der Waals surface area contributed by atoms with Crippen LogP contribution in [0.1, 0.15) is 24.9 Å². The van der Waals surface area contributed by atoms with E-state index in [1.54, 1.807) is 0 Å². The highest BCUT2D eigenvalue weighted by Gasteiger charge is 2.07. The van der Waals surface area contributed by atoms with Crippen LogP contribution in [-0.2, 0) is 0 Å². The molecule has 2 nitrogen and oxygen atoms in total. The lowest BCUT2D eigenvalue weighted by molar-refractivity contribution is 0.704. The van der Waals surface area contributed by atoms with Gasteiger partial charge in [-0.1, -0.05) is 19.1 Å². The third-order valence-corrected chi connectivity index (χ3v) is 2.47. The second-order valence-corrected chi connectivity index (χ2v) is 3.30. The van der Waals surface area contributed by atoms with E-state index in [9.17, 15) is 0 Å². The van der Waals surface area contributed by atoms with E-state index in [4.69, 9.17) is 5.73 Å². The fraction of sp³-hybridized carbons (Fsp3) is 0.273. The first-order valence-corrected chi connectivity index (χ1v) is 4.64. The van der Waals surface area contributed by atoms with Crippen LogP contribution < -0.4 is 5.73 Å². The zero-order valence-electron chi connectivity index (χ0n) is 8.16. The van der Waals surface area contributed by atoms with Crippen LogP contribution >= 0.6 is 12.4 Å². The summed E-state index contributed by atoms with van der Waals surface area (Å²) in [6.45, 7) is 2.11. The van der Waals surface area contributed by atoms with Gasteiger partial charge >= 0.3 is 0 Å². The Hall–Kier alpha value is -0.990. The number of halogens is 1. The summed E-state index contributed by atoms with van der Waals surface area (Å²) in [7, 11) is 0. The average molecular weight is 211 g/mol. The van der Waals surface area contributed by atoms with Crippen LogP contribution in [0, 0.1) is 0 Å². The summed E-state index contributed by atoms with van der Waals surface area (Å²) in [5.74, 6) is 0. The first-order chi connectivity index (χ1) is 6.33. The predicted molar refractivity (Wildman–Crippen MR) is 62.8 cm³/mol. The van der Waals surface area contributed by atoms with Crippen molar-refractivity contribution in [3.8, 4) is 0 Å². The molecule has 2 aromatic rings. The van der Waals surface area contributed by atoms with Gasteiger partial charge in [-0.15, -0.1) is 12.4 Å². The summed E-state index contributed by atoms with van der Waals surface area (Å²) in [5, 5.41) is 1.25. The zero-order valence-corrected chi connectivity index (χ0v) is 8.97. The lowest BCUT2D eigenvalue weighted by Crippen LogP contribution is -2.08. The Kier molecular flexibility index (Phi) is 3.55. The van der Waals surface area contributed by atoms with Crippen molar-refractivity contribution in [3.63, 3.8) is 0 Å². The second-order valence-electron chi connectivity index (χ2n) is 3.30. The lowest BCUT2D eigenvalue weighted by atomic mass is 10.0. The first kappa shape index (κ1) is 11.1. The second kappa shape index (κ2) is 4.49. The molecule has 1 aromatic carbocycles. The highest BCUT2D eigenvalue weighted by molar-refractivity contribution is 5.85. The molecule has 0 spiro atoms. The number of hydrogen-bond acceptors (Lipinski definition) is 1. The van der Waals surface area contributed by atoms with Crippen LogP contribution in [0.3, 0.4) is 0 Å². The molecule has 0 saturated carbocycles. The molecular formula is C11H15ClN2. The van der Waals surface area contributed by atoms with Crippen molar-refractivity contribution in [2.75, 3.05) is 0 Å².